The first kappa shape index (κ1) is 20.0. The Morgan fingerprint density at radius 3 is 0.852 bits per heavy atom. The van der Waals surface area contributed by atoms with Gasteiger partial charge in [0.25, 0.3) is 0 Å². The largest absolute Gasteiger partial charge is 0.356 e. The summed E-state index contributed by atoms with van der Waals surface area (Å²) in [6.45, 7) is 4.17. The Morgan fingerprint density at radius 2 is 0.630 bits per heavy atom. The molecule has 4 rings (SSSR count). The van der Waals surface area contributed by atoms with E-state index in [0.29, 0.717) is 0 Å². The average Bonchev–Trinajstić information content (AvgIpc) is 2.72. The fourth-order valence-corrected chi connectivity index (χ4v) is 2.28. The minimum Gasteiger partial charge on any atom is -0.356 e. The maximum absolute atomic E-state index is 3.30. The molecule has 0 saturated carbocycles. The predicted molar refractivity (Wildman–Crippen MR) is 119 cm³/mol. The van der Waals surface area contributed by atoms with Gasteiger partial charge < -0.3 is 5.32 Å². The maximum Gasteiger partial charge on any atom is 0.0384 e. The van der Waals surface area contributed by atoms with Crippen molar-refractivity contribution in [2.45, 2.75) is 13.8 Å². The molecule has 4 aromatic rings. The lowest BCUT2D eigenvalue weighted by Crippen LogP contribution is -1.87. The number of para-hydroxylation sites is 2. The molecule has 0 unspecified atom stereocenters. The van der Waals surface area contributed by atoms with Gasteiger partial charge in [-0.2, -0.15) is 0 Å². The van der Waals surface area contributed by atoms with Crippen LogP contribution in [0.5, 0.6) is 0 Å². The van der Waals surface area contributed by atoms with Crippen LogP contribution in [-0.4, -0.2) is 0 Å². The van der Waals surface area contributed by atoms with Crippen LogP contribution in [0, 0.1) is 13.8 Å². The van der Waals surface area contributed by atoms with Crippen molar-refractivity contribution < 1.29 is 0 Å². The Kier molecular flexibility index (Phi) is 8.96. The van der Waals surface area contributed by atoms with Crippen LogP contribution in [0.3, 0.4) is 0 Å². The normalized spacial score (nSPS) is 9.11. The van der Waals surface area contributed by atoms with Gasteiger partial charge in [-0.25, -0.2) is 0 Å². The van der Waals surface area contributed by atoms with Crippen LogP contribution < -0.4 is 5.32 Å². The van der Waals surface area contributed by atoms with Crippen LogP contribution in [0.15, 0.2) is 121 Å². The van der Waals surface area contributed by atoms with E-state index in [4.69, 9.17) is 0 Å². The Morgan fingerprint density at radius 1 is 0.370 bits per heavy atom. The van der Waals surface area contributed by atoms with E-state index in [0.717, 1.165) is 11.4 Å². The van der Waals surface area contributed by atoms with Crippen molar-refractivity contribution in [2.75, 3.05) is 5.32 Å². The van der Waals surface area contributed by atoms with Gasteiger partial charge in [-0.3, -0.25) is 0 Å². The monoisotopic (exact) mass is 353 g/mol. The van der Waals surface area contributed by atoms with Crippen molar-refractivity contribution in [3.05, 3.63) is 132 Å². The van der Waals surface area contributed by atoms with Crippen LogP contribution in [0.4, 0.5) is 11.4 Å². The Bertz CT molecular complexity index is 766. The SMILES string of the molecule is Cc1ccccc1.Cc1ccccc1.c1ccc(Nc2ccccc2)cc1. The smallest absolute Gasteiger partial charge is 0.0384 e. The summed E-state index contributed by atoms with van der Waals surface area (Å²) in [5.41, 5.74) is 4.88. The number of anilines is 2. The molecule has 0 aliphatic heterocycles. The second kappa shape index (κ2) is 12.1. The fraction of sp³-hybridized carbons (Fsp3) is 0.0769. The number of rotatable bonds is 2. The topological polar surface area (TPSA) is 12.0 Å². The molecular weight excluding hydrogens is 326 g/mol. The molecule has 0 radical (unpaired) electrons. The first-order chi connectivity index (χ1) is 13.2. The maximum atomic E-state index is 3.30. The highest BCUT2D eigenvalue weighted by atomic mass is 14.9. The van der Waals surface area contributed by atoms with Gasteiger partial charge >= 0.3 is 0 Å². The van der Waals surface area contributed by atoms with Gasteiger partial charge in [-0.05, 0) is 38.1 Å². The third-order valence-corrected chi connectivity index (χ3v) is 3.72. The van der Waals surface area contributed by atoms with Crippen molar-refractivity contribution in [2.24, 2.45) is 0 Å². The number of aryl methyl sites for hydroxylation is 2. The molecule has 0 aliphatic carbocycles. The standard InChI is InChI=1S/C12H11N.2C7H8/c1-3-7-11(8-4-1)13-12-9-5-2-6-10-12;2*1-7-5-3-2-4-6-7/h1-10,13H;2*2-6H,1H3. The third-order valence-electron chi connectivity index (χ3n) is 3.72. The second-order valence-corrected chi connectivity index (χ2v) is 6.17. The molecule has 4 aromatic carbocycles. The molecule has 0 bridgehead atoms. The summed E-state index contributed by atoms with van der Waals surface area (Å²) in [6.07, 6.45) is 0. The van der Waals surface area contributed by atoms with Crippen LogP contribution >= 0.6 is 0 Å². The van der Waals surface area contributed by atoms with Crippen LogP contribution in [-0.2, 0) is 0 Å². The molecule has 1 heteroatoms. The lowest BCUT2D eigenvalue weighted by Gasteiger charge is -2.04. The molecule has 0 heterocycles. The zero-order valence-electron chi connectivity index (χ0n) is 16.0. The highest BCUT2D eigenvalue weighted by molar-refractivity contribution is 5.58. The molecule has 1 N–H and O–H groups in total. The van der Waals surface area contributed by atoms with Crippen molar-refractivity contribution >= 4 is 11.4 Å². The molecule has 0 saturated heterocycles. The van der Waals surface area contributed by atoms with E-state index in [9.17, 15) is 0 Å². The molecule has 27 heavy (non-hydrogen) atoms. The van der Waals surface area contributed by atoms with E-state index in [2.05, 4.69) is 43.4 Å². The second-order valence-electron chi connectivity index (χ2n) is 6.17. The highest BCUT2D eigenvalue weighted by Crippen LogP contribution is 2.14. The van der Waals surface area contributed by atoms with E-state index in [1.807, 2.05) is 97.1 Å². The fourth-order valence-electron chi connectivity index (χ4n) is 2.28. The van der Waals surface area contributed by atoms with Gasteiger partial charge in [0.15, 0.2) is 0 Å². The first-order valence-electron chi connectivity index (χ1n) is 9.14. The number of nitrogens with one attached hydrogen (secondary N) is 1. The molecule has 0 fully saturated rings. The Balaban J connectivity index is 0.000000159. The van der Waals surface area contributed by atoms with Gasteiger partial charge in [-0.1, -0.05) is 108 Å². The molecule has 0 aromatic heterocycles. The molecule has 1 nitrogen and oxygen atoms in total. The van der Waals surface area contributed by atoms with E-state index in [1.165, 1.54) is 11.1 Å². The van der Waals surface area contributed by atoms with Crippen molar-refractivity contribution in [3.63, 3.8) is 0 Å². The molecule has 0 atom stereocenters. The highest BCUT2D eigenvalue weighted by Gasteiger charge is 1.89. The summed E-state index contributed by atoms with van der Waals surface area (Å²) >= 11 is 0. The predicted octanol–water partition coefficient (Wildman–Crippen LogP) is 7.42. The summed E-state index contributed by atoms with van der Waals surface area (Å²) in [6, 6.07) is 40.8. The van der Waals surface area contributed by atoms with Crippen molar-refractivity contribution in [1.82, 2.24) is 0 Å². The molecule has 0 aliphatic rings. The lowest BCUT2D eigenvalue weighted by atomic mass is 10.2. The summed E-state index contributed by atoms with van der Waals surface area (Å²) in [5, 5.41) is 3.30. The minimum absolute atomic E-state index is 1.12. The van der Waals surface area contributed by atoms with Crippen molar-refractivity contribution in [1.29, 1.82) is 0 Å². The van der Waals surface area contributed by atoms with E-state index in [-0.39, 0.29) is 0 Å². The molecule has 0 amide bonds. The number of benzene rings is 4. The molecule has 0 spiro atoms. The number of hydrogen-bond donors (Lipinski definition) is 1. The zero-order valence-corrected chi connectivity index (χ0v) is 16.0. The molecule has 136 valence electrons. The number of hydrogen-bond acceptors (Lipinski definition) is 1. The Hall–Kier alpha value is -3.32. The van der Waals surface area contributed by atoms with Crippen LogP contribution in [0.1, 0.15) is 11.1 Å². The summed E-state index contributed by atoms with van der Waals surface area (Å²) in [5.74, 6) is 0. The van der Waals surface area contributed by atoms with Crippen molar-refractivity contribution in [3.8, 4) is 0 Å². The van der Waals surface area contributed by atoms with E-state index < -0.39 is 0 Å². The summed E-state index contributed by atoms with van der Waals surface area (Å²) in [7, 11) is 0. The van der Waals surface area contributed by atoms with E-state index in [1.54, 1.807) is 0 Å². The third kappa shape index (κ3) is 9.08. The minimum atomic E-state index is 1.12. The van der Waals surface area contributed by atoms with Gasteiger partial charge in [0, 0.05) is 11.4 Å². The van der Waals surface area contributed by atoms with E-state index >= 15 is 0 Å². The van der Waals surface area contributed by atoms with Gasteiger partial charge in [0.1, 0.15) is 0 Å². The van der Waals surface area contributed by atoms with Crippen LogP contribution in [0.25, 0.3) is 0 Å². The summed E-state index contributed by atoms with van der Waals surface area (Å²) in [4.78, 5) is 0. The average molecular weight is 354 g/mol. The van der Waals surface area contributed by atoms with Gasteiger partial charge in [-0.15, -0.1) is 0 Å². The Labute approximate surface area is 163 Å². The lowest BCUT2D eigenvalue weighted by molar-refractivity contribution is 1.48. The van der Waals surface area contributed by atoms with Gasteiger partial charge in [0.2, 0.25) is 0 Å². The van der Waals surface area contributed by atoms with Crippen LogP contribution in [0.2, 0.25) is 0 Å². The van der Waals surface area contributed by atoms with Gasteiger partial charge in [0.05, 0.1) is 0 Å². The molecular formula is C26H27N. The zero-order chi connectivity index (χ0) is 19.2. The first-order valence-corrected chi connectivity index (χ1v) is 9.14. The summed E-state index contributed by atoms with van der Waals surface area (Å²) < 4.78 is 0. The quantitative estimate of drug-likeness (QED) is 0.395.